The quantitative estimate of drug-likeness (QED) is 0.782. The minimum absolute atomic E-state index is 0.326. The highest BCUT2D eigenvalue weighted by Gasteiger charge is 2.07. The highest BCUT2D eigenvalue weighted by atomic mass is 16.5. The van der Waals surface area contributed by atoms with Crippen LogP contribution in [0.3, 0.4) is 0 Å². The number of carbonyl (C=O) groups excluding carboxylic acids is 2. The number of rotatable bonds is 5. The van der Waals surface area contributed by atoms with Crippen LogP contribution in [0.15, 0.2) is 42.6 Å². The number of nitrogens with zero attached hydrogens (tertiary/aromatic N) is 1. The highest BCUT2D eigenvalue weighted by Crippen LogP contribution is 2.19. The number of benzene rings is 1. The van der Waals surface area contributed by atoms with E-state index in [0.29, 0.717) is 23.8 Å². The van der Waals surface area contributed by atoms with Crippen LogP contribution >= 0.6 is 0 Å². The van der Waals surface area contributed by atoms with Crippen LogP contribution in [0, 0.1) is 0 Å². The van der Waals surface area contributed by atoms with Crippen LogP contribution < -0.4 is 20.7 Å². The van der Waals surface area contributed by atoms with E-state index in [-0.39, 0.29) is 6.03 Å². The predicted octanol–water partition coefficient (Wildman–Crippen LogP) is 2.59. The lowest BCUT2D eigenvalue weighted by Crippen LogP contribution is -2.28. The Morgan fingerprint density at radius 3 is 2.50 bits per heavy atom. The number of carbonyl (C=O) groups is 2. The Morgan fingerprint density at radius 1 is 1.08 bits per heavy atom. The fourth-order valence-electron chi connectivity index (χ4n) is 1.87. The van der Waals surface area contributed by atoms with Crippen LogP contribution in [0.1, 0.15) is 5.56 Å². The van der Waals surface area contributed by atoms with Crippen LogP contribution in [0.5, 0.6) is 5.88 Å². The molecule has 1 aromatic carbocycles. The van der Waals surface area contributed by atoms with Gasteiger partial charge in [-0.2, -0.15) is 0 Å². The lowest BCUT2D eigenvalue weighted by atomic mass is 10.2. The van der Waals surface area contributed by atoms with Crippen molar-refractivity contribution in [3.63, 3.8) is 0 Å². The van der Waals surface area contributed by atoms with Gasteiger partial charge in [0.05, 0.1) is 14.2 Å². The van der Waals surface area contributed by atoms with E-state index in [9.17, 15) is 9.59 Å². The second-order valence-corrected chi connectivity index (χ2v) is 4.68. The smallest absolute Gasteiger partial charge is 0.411 e. The van der Waals surface area contributed by atoms with Crippen molar-refractivity contribution in [1.29, 1.82) is 0 Å². The Labute approximate surface area is 139 Å². The maximum Gasteiger partial charge on any atom is 0.411 e. The first-order chi connectivity index (χ1) is 11.6. The van der Waals surface area contributed by atoms with Gasteiger partial charge in [0, 0.05) is 18.4 Å². The molecule has 0 fully saturated rings. The predicted molar refractivity (Wildman–Crippen MR) is 89.1 cm³/mol. The molecule has 3 amide bonds. The van der Waals surface area contributed by atoms with Gasteiger partial charge in [-0.1, -0.05) is 12.1 Å². The number of ether oxygens (including phenoxy) is 2. The van der Waals surface area contributed by atoms with Crippen molar-refractivity contribution in [2.75, 3.05) is 24.9 Å². The first kappa shape index (κ1) is 17.1. The summed E-state index contributed by atoms with van der Waals surface area (Å²) in [5.41, 5.74) is 1.96. The van der Waals surface area contributed by atoms with E-state index in [1.807, 2.05) is 0 Å². The van der Waals surface area contributed by atoms with Crippen molar-refractivity contribution in [3.8, 4) is 5.88 Å². The van der Waals surface area contributed by atoms with Crippen LogP contribution in [-0.2, 0) is 11.3 Å². The molecule has 1 aromatic heterocycles. The average Bonchev–Trinajstić information content (AvgIpc) is 2.61. The Bertz CT molecular complexity index is 703. The van der Waals surface area contributed by atoms with Crippen LogP contribution in [0.2, 0.25) is 0 Å². The molecule has 0 aliphatic carbocycles. The van der Waals surface area contributed by atoms with E-state index in [2.05, 4.69) is 25.7 Å². The molecule has 2 aromatic rings. The molecular formula is C16H18N4O4. The molecule has 0 saturated carbocycles. The normalized spacial score (nSPS) is 9.75. The summed E-state index contributed by atoms with van der Waals surface area (Å²) in [4.78, 5) is 27.0. The molecule has 3 N–H and O–H groups in total. The van der Waals surface area contributed by atoms with Gasteiger partial charge in [-0.05, 0) is 29.8 Å². The number of urea groups is 1. The lowest BCUT2D eigenvalue weighted by Gasteiger charge is -2.10. The molecule has 1 heterocycles. The standard InChI is InChI=1S/C16H18N4O4/c1-23-14-13(4-3-9-17-14)20-15(21)18-10-11-5-7-12(8-6-11)19-16(22)24-2/h3-9H,10H2,1-2H3,(H,19,22)(H2,18,20,21). The zero-order chi connectivity index (χ0) is 17.4. The van der Waals surface area contributed by atoms with Gasteiger partial charge in [0.2, 0.25) is 5.88 Å². The molecular weight excluding hydrogens is 312 g/mol. The second kappa shape index (κ2) is 8.37. The summed E-state index contributed by atoms with van der Waals surface area (Å²) in [6.45, 7) is 0.326. The van der Waals surface area contributed by atoms with Crippen molar-refractivity contribution >= 4 is 23.5 Å². The van der Waals surface area contributed by atoms with Gasteiger partial charge in [-0.15, -0.1) is 0 Å². The van der Waals surface area contributed by atoms with Gasteiger partial charge in [-0.25, -0.2) is 14.6 Å². The summed E-state index contributed by atoms with van der Waals surface area (Å²) < 4.78 is 9.57. The van der Waals surface area contributed by atoms with Gasteiger partial charge in [0.25, 0.3) is 0 Å². The Hall–Kier alpha value is -3.29. The van der Waals surface area contributed by atoms with Crippen molar-refractivity contribution in [1.82, 2.24) is 10.3 Å². The van der Waals surface area contributed by atoms with E-state index in [0.717, 1.165) is 5.56 Å². The van der Waals surface area contributed by atoms with Crippen molar-refractivity contribution in [2.45, 2.75) is 6.54 Å². The van der Waals surface area contributed by atoms with Gasteiger partial charge in [0.15, 0.2) is 0 Å². The molecule has 126 valence electrons. The topological polar surface area (TPSA) is 102 Å². The fourth-order valence-corrected chi connectivity index (χ4v) is 1.87. The summed E-state index contributed by atoms with van der Waals surface area (Å²) in [7, 11) is 2.78. The fraction of sp³-hybridized carbons (Fsp3) is 0.188. The summed E-state index contributed by atoms with van der Waals surface area (Å²) in [6.07, 6.45) is 1.04. The molecule has 0 spiro atoms. The van der Waals surface area contributed by atoms with E-state index >= 15 is 0 Å². The molecule has 0 unspecified atom stereocenters. The number of methoxy groups -OCH3 is 2. The summed E-state index contributed by atoms with van der Waals surface area (Å²) in [6, 6.07) is 10.0. The number of aromatic nitrogens is 1. The molecule has 0 aliphatic rings. The number of hydrogen-bond donors (Lipinski definition) is 3. The van der Waals surface area contributed by atoms with Gasteiger partial charge < -0.3 is 20.1 Å². The Balaban J connectivity index is 1.86. The van der Waals surface area contributed by atoms with Gasteiger partial charge >= 0.3 is 12.1 Å². The van der Waals surface area contributed by atoms with E-state index < -0.39 is 6.09 Å². The first-order valence-corrected chi connectivity index (χ1v) is 7.10. The summed E-state index contributed by atoms with van der Waals surface area (Å²) in [5, 5.41) is 7.94. The third kappa shape index (κ3) is 4.87. The third-order valence-corrected chi connectivity index (χ3v) is 3.05. The number of anilines is 2. The summed E-state index contributed by atoms with van der Waals surface area (Å²) in [5.74, 6) is 0.339. The lowest BCUT2D eigenvalue weighted by molar-refractivity contribution is 0.187. The van der Waals surface area contributed by atoms with Crippen LogP contribution in [0.4, 0.5) is 21.0 Å². The number of nitrogens with one attached hydrogen (secondary N) is 3. The minimum Gasteiger partial charge on any atom is -0.480 e. The molecule has 0 aliphatic heterocycles. The Kier molecular flexibility index (Phi) is 5.95. The zero-order valence-corrected chi connectivity index (χ0v) is 13.3. The first-order valence-electron chi connectivity index (χ1n) is 7.10. The molecule has 0 radical (unpaired) electrons. The van der Waals surface area contributed by atoms with Gasteiger partial charge in [0.1, 0.15) is 5.69 Å². The van der Waals surface area contributed by atoms with Crippen molar-refractivity contribution in [2.24, 2.45) is 0 Å². The van der Waals surface area contributed by atoms with Crippen molar-refractivity contribution in [3.05, 3.63) is 48.2 Å². The third-order valence-electron chi connectivity index (χ3n) is 3.05. The molecule has 8 heteroatoms. The zero-order valence-electron chi connectivity index (χ0n) is 13.3. The van der Waals surface area contributed by atoms with Crippen LogP contribution in [0.25, 0.3) is 0 Å². The monoisotopic (exact) mass is 330 g/mol. The second-order valence-electron chi connectivity index (χ2n) is 4.68. The number of pyridine rings is 1. The largest absolute Gasteiger partial charge is 0.480 e. The van der Waals surface area contributed by atoms with E-state index in [1.165, 1.54) is 14.2 Å². The average molecular weight is 330 g/mol. The summed E-state index contributed by atoms with van der Waals surface area (Å²) >= 11 is 0. The van der Waals surface area contributed by atoms with E-state index in [4.69, 9.17) is 4.74 Å². The maximum absolute atomic E-state index is 11.9. The minimum atomic E-state index is -0.536. The van der Waals surface area contributed by atoms with E-state index in [1.54, 1.807) is 42.6 Å². The van der Waals surface area contributed by atoms with Gasteiger partial charge in [-0.3, -0.25) is 5.32 Å². The molecule has 0 bridgehead atoms. The maximum atomic E-state index is 11.9. The molecule has 2 rings (SSSR count). The Morgan fingerprint density at radius 2 is 1.83 bits per heavy atom. The van der Waals surface area contributed by atoms with Crippen molar-refractivity contribution < 1.29 is 19.1 Å². The number of amides is 3. The number of hydrogen-bond acceptors (Lipinski definition) is 5. The molecule has 0 atom stereocenters. The molecule has 24 heavy (non-hydrogen) atoms. The molecule has 8 nitrogen and oxygen atoms in total. The highest BCUT2D eigenvalue weighted by molar-refractivity contribution is 5.90. The van der Waals surface area contributed by atoms with Crippen LogP contribution in [-0.4, -0.2) is 31.3 Å². The molecule has 0 saturated heterocycles. The SMILES string of the molecule is COC(=O)Nc1ccc(CNC(=O)Nc2cccnc2OC)cc1.